The minimum atomic E-state index is 0.713. The van der Waals surface area contributed by atoms with Crippen molar-refractivity contribution in [2.24, 2.45) is 9.98 Å². The van der Waals surface area contributed by atoms with Gasteiger partial charge in [0.05, 0.1) is 11.4 Å². The number of nitrogens with zero attached hydrogens (tertiary/aromatic N) is 3. The Labute approximate surface area is 333 Å². The van der Waals surface area contributed by atoms with Gasteiger partial charge in [-0.1, -0.05) is 170 Å². The molecule has 0 unspecified atom stereocenters. The predicted octanol–water partition coefficient (Wildman–Crippen LogP) is 14.0. The number of aliphatic imine (C=N–C) groups is 2. The van der Waals surface area contributed by atoms with Gasteiger partial charge in [-0.2, -0.15) is 0 Å². The zero-order chi connectivity index (χ0) is 38.1. The molecule has 0 spiro atoms. The van der Waals surface area contributed by atoms with Crippen molar-refractivity contribution in [3.63, 3.8) is 0 Å². The minimum absolute atomic E-state index is 0.713. The highest BCUT2D eigenvalue weighted by molar-refractivity contribution is 6.21. The van der Waals surface area contributed by atoms with Gasteiger partial charge < -0.3 is 0 Å². The Hall–Kier alpha value is -7.23. The van der Waals surface area contributed by atoms with Crippen molar-refractivity contribution in [1.29, 1.82) is 0 Å². The number of amidine groups is 1. The molecule has 1 aromatic heterocycles. The normalized spacial score (nSPS) is 16.4. The maximum atomic E-state index is 5.47. The van der Waals surface area contributed by atoms with E-state index < -0.39 is 0 Å². The first-order chi connectivity index (χ1) is 28.2. The van der Waals surface area contributed by atoms with E-state index in [-0.39, 0.29) is 0 Å². The van der Waals surface area contributed by atoms with Gasteiger partial charge in [-0.25, -0.2) is 9.98 Å². The number of fused-ring (bicyclic) bond motifs is 5. The van der Waals surface area contributed by atoms with E-state index >= 15 is 0 Å². The monoisotopic (exact) mass is 729 g/mol. The SMILES string of the molecule is C\C1=C(c2ccc(-c3ccccc3)cc2)/N=C(c2ccc(-c3ccc4ccc5ccc6cnccc6c5c4c3)cc2)\N=C(\c2ccccc2-c2ccccc2)CC1. The molecule has 57 heavy (non-hydrogen) atoms. The smallest absolute Gasteiger partial charge is 0.160 e. The number of rotatable bonds is 6. The Morgan fingerprint density at radius 2 is 0.965 bits per heavy atom. The average molecular weight is 730 g/mol. The van der Waals surface area contributed by atoms with Crippen LogP contribution in [0.15, 0.2) is 210 Å². The second kappa shape index (κ2) is 14.8. The first-order valence-corrected chi connectivity index (χ1v) is 19.6. The lowest BCUT2D eigenvalue weighted by molar-refractivity contribution is 1.00. The summed E-state index contributed by atoms with van der Waals surface area (Å²) in [6.45, 7) is 2.22. The van der Waals surface area contributed by atoms with E-state index in [1.54, 1.807) is 0 Å². The standard InChI is InChI=1S/C54H39N3/c1-36-16-31-51(49-15-9-8-14-47(49)40-12-6-3-7-13-40)56-54(57-53(36)43-25-17-38(18-26-43)37-10-4-2-5-11-37)44-27-19-39(20-28-44)45-29-22-41-21-23-42-24-30-46-35-55-33-32-48(46)52(42)50(41)34-45/h2-15,17-30,32-35H,16,31H2,1H3/b53-36+,56-51+,57-54-. The quantitative estimate of drug-likeness (QED) is 0.157. The van der Waals surface area contributed by atoms with E-state index in [0.29, 0.717) is 5.84 Å². The van der Waals surface area contributed by atoms with Gasteiger partial charge in [0.2, 0.25) is 0 Å². The summed E-state index contributed by atoms with van der Waals surface area (Å²) >= 11 is 0. The Balaban J connectivity index is 1.08. The van der Waals surface area contributed by atoms with Crippen molar-refractivity contribution in [1.82, 2.24) is 4.98 Å². The van der Waals surface area contributed by atoms with Gasteiger partial charge in [-0.3, -0.25) is 4.98 Å². The maximum absolute atomic E-state index is 5.47. The van der Waals surface area contributed by atoms with Gasteiger partial charge in [0.25, 0.3) is 0 Å². The maximum Gasteiger partial charge on any atom is 0.160 e. The number of aromatic nitrogens is 1. The van der Waals surface area contributed by atoms with E-state index in [9.17, 15) is 0 Å². The summed E-state index contributed by atoms with van der Waals surface area (Å²) in [5.41, 5.74) is 13.5. The Bertz CT molecular complexity index is 3020. The van der Waals surface area contributed by atoms with Gasteiger partial charge >= 0.3 is 0 Å². The molecule has 10 rings (SSSR count). The van der Waals surface area contributed by atoms with Crippen LogP contribution in [0.1, 0.15) is 36.5 Å². The topological polar surface area (TPSA) is 37.6 Å². The van der Waals surface area contributed by atoms with E-state index in [4.69, 9.17) is 9.98 Å². The number of pyridine rings is 1. The molecule has 3 heteroatoms. The van der Waals surface area contributed by atoms with Crippen LogP contribution in [0.4, 0.5) is 0 Å². The highest BCUT2D eigenvalue weighted by Gasteiger charge is 2.19. The number of benzene rings is 8. The fraction of sp³-hybridized carbons (Fsp3) is 0.0556. The lowest BCUT2D eigenvalue weighted by Crippen LogP contribution is -2.11. The predicted molar refractivity (Wildman–Crippen MR) is 241 cm³/mol. The molecule has 0 amide bonds. The van der Waals surface area contributed by atoms with Crippen molar-refractivity contribution >= 4 is 49.6 Å². The van der Waals surface area contributed by atoms with E-state index in [2.05, 4.69) is 194 Å². The van der Waals surface area contributed by atoms with Gasteiger partial charge in [0, 0.05) is 34.5 Å². The third-order valence-electron chi connectivity index (χ3n) is 11.3. The van der Waals surface area contributed by atoms with Crippen molar-refractivity contribution in [3.8, 4) is 33.4 Å². The summed E-state index contributed by atoms with van der Waals surface area (Å²) < 4.78 is 0. The molecule has 9 aromatic rings. The van der Waals surface area contributed by atoms with Gasteiger partial charge in [-0.05, 0) is 97.8 Å². The molecule has 8 aromatic carbocycles. The second-order valence-corrected chi connectivity index (χ2v) is 14.8. The first-order valence-electron chi connectivity index (χ1n) is 19.6. The largest absolute Gasteiger partial charge is 0.264 e. The van der Waals surface area contributed by atoms with Crippen LogP contribution in [0.2, 0.25) is 0 Å². The van der Waals surface area contributed by atoms with E-state index in [1.807, 2.05) is 12.4 Å². The molecule has 0 aliphatic carbocycles. The Kier molecular flexibility index (Phi) is 8.89. The number of hydrogen-bond donors (Lipinski definition) is 0. The fourth-order valence-corrected chi connectivity index (χ4v) is 8.24. The molecule has 0 N–H and O–H groups in total. The van der Waals surface area contributed by atoms with Crippen LogP contribution >= 0.6 is 0 Å². The zero-order valence-corrected chi connectivity index (χ0v) is 31.7. The summed E-state index contributed by atoms with van der Waals surface area (Å²) in [4.78, 5) is 15.3. The Morgan fingerprint density at radius 3 is 1.72 bits per heavy atom. The molecule has 0 bridgehead atoms. The minimum Gasteiger partial charge on any atom is -0.264 e. The molecule has 0 fully saturated rings. The molecule has 2 heterocycles. The Morgan fingerprint density at radius 1 is 0.404 bits per heavy atom. The van der Waals surface area contributed by atoms with Crippen LogP contribution in [-0.2, 0) is 0 Å². The van der Waals surface area contributed by atoms with Crippen LogP contribution < -0.4 is 0 Å². The fourth-order valence-electron chi connectivity index (χ4n) is 8.24. The van der Waals surface area contributed by atoms with Crippen molar-refractivity contribution in [2.45, 2.75) is 19.8 Å². The molecule has 270 valence electrons. The van der Waals surface area contributed by atoms with Crippen LogP contribution in [-0.4, -0.2) is 16.5 Å². The highest BCUT2D eigenvalue weighted by Crippen LogP contribution is 2.36. The zero-order valence-electron chi connectivity index (χ0n) is 31.7. The van der Waals surface area contributed by atoms with Crippen LogP contribution in [0.5, 0.6) is 0 Å². The van der Waals surface area contributed by atoms with Crippen LogP contribution in [0.3, 0.4) is 0 Å². The molecular weight excluding hydrogens is 691 g/mol. The summed E-state index contributed by atoms with van der Waals surface area (Å²) in [6.07, 6.45) is 5.49. The molecule has 1 aliphatic heterocycles. The van der Waals surface area contributed by atoms with Crippen LogP contribution in [0, 0.1) is 0 Å². The van der Waals surface area contributed by atoms with Crippen molar-refractivity contribution < 1.29 is 0 Å². The molecular formula is C54H39N3. The lowest BCUT2D eigenvalue weighted by Gasteiger charge is -2.18. The second-order valence-electron chi connectivity index (χ2n) is 14.8. The molecule has 0 saturated carbocycles. The van der Waals surface area contributed by atoms with Crippen molar-refractivity contribution in [3.05, 3.63) is 217 Å². The molecule has 0 atom stereocenters. The lowest BCUT2D eigenvalue weighted by atomic mass is 9.92. The summed E-state index contributed by atoms with van der Waals surface area (Å²) in [5.74, 6) is 0.713. The highest BCUT2D eigenvalue weighted by atomic mass is 14.9. The molecule has 0 radical (unpaired) electrons. The molecule has 1 aliphatic rings. The average Bonchev–Trinajstić information content (AvgIpc) is 3.28. The van der Waals surface area contributed by atoms with Gasteiger partial charge in [0.1, 0.15) is 0 Å². The number of hydrogen-bond acceptors (Lipinski definition) is 3. The molecule has 0 saturated heterocycles. The van der Waals surface area contributed by atoms with E-state index in [0.717, 1.165) is 51.9 Å². The summed E-state index contributed by atoms with van der Waals surface area (Å²) in [5, 5.41) is 7.32. The van der Waals surface area contributed by atoms with E-state index in [1.165, 1.54) is 60.3 Å². The van der Waals surface area contributed by atoms with Crippen molar-refractivity contribution in [2.75, 3.05) is 0 Å². The van der Waals surface area contributed by atoms with Crippen LogP contribution in [0.25, 0.3) is 71.4 Å². The summed E-state index contributed by atoms with van der Waals surface area (Å²) in [7, 11) is 0. The third kappa shape index (κ3) is 6.64. The van der Waals surface area contributed by atoms with Gasteiger partial charge in [-0.15, -0.1) is 0 Å². The third-order valence-corrected chi connectivity index (χ3v) is 11.3. The number of allylic oxidation sites excluding steroid dienone is 1. The van der Waals surface area contributed by atoms with Gasteiger partial charge in [0.15, 0.2) is 5.84 Å². The summed E-state index contributed by atoms with van der Waals surface area (Å²) in [6, 6.07) is 65.1. The molecule has 3 nitrogen and oxygen atoms in total. The first kappa shape index (κ1) is 34.3.